The van der Waals surface area contributed by atoms with E-state index in [-0.39, 0.29) is 43.8 Å². The van der Waals surface area contributed by atoms with E-state index >= 15 is 0 Å². The number of amides is 3. The number of anilines is 2. The van der Waals surface area contributed by atoms with E-state index in [4.69, 9.17) is 18.9 Å². The molecule has 6 rings (SSSR count). The fourth-order valence-electron chi connectivity index (χ4n) is 5.96. The summed E-state index contributed by atoms with van der Waals surface area (Å²) >= 11 is 0. The lowest BCUT2D eigenvalue weighted by atomic mass is 10.0. The van der Waals surface area contributed by atoms with Crippen LogP contribution in [-0.2, 0) is 17.8 Å². The zero-order valence-corrected chi connectivity index (χ0v) is 27.9. The average molecular weight is 667 g/mol. The number of fused-ring (bicyclic) bond motifs is 2. The van der Waals surface area contributed by atoms with Gasteiger partial charge in [0, 0.05) is 48.6 Å². The van der Waals surface area contributed by atoms with Gasteiger partial charge in [0.25, 0.3) is 0 Å². The normalized spacial score (nSPS) is 17.7. The minimum absolute atomic E-state index is 0.0433. The maximum absolute atomic E-state index is 13.6. The van der Waals surface area contributed by atoms with Gasteiger partial charge < -0.3 is 39.6 Å². The number of rotatable bonds is 10. The summed E-state index contributed by atoms with van der Waals surface area (Å²) in [5.41, 5.74) is 2.83. The molecule has 0 aromatic heterocycles. The summed E-state index contributed by atoms with van der Waals surface area (Å²) in [5.74, 6) is 3.17. The van der Waals surface area contributed by atoms with Crippen LogP contribution in [-0.4, -0.2) is 72.5 Å². The summed E-state index contributed by atoms with van der Waals surface area (Å²) in [5, 5.41) is 15.7. The van der Waals surface area contributed by atoms with Crippen molar-refractivity contribution in [3.05, 3.63) is 102 Å². The molecule has 11 nitrogen and oxygen atoms in total. The summed E-state index contributed by atoms with van der Waals surface area (Å²) in [6.45, 7) is 5.61. The minimum atomic E-state index is -0.447. The van der Waals surface area contributed by atoms with Crippen LogP contribution in [0.15, 0.2) is 91.0 Å². The average Bonchev–Trinajstić information content (AvgIpc) is 3.57. The van der Waals surface area contributed by atoms with E-state index in [1.165, 1.54) is 0 Å². The van der Waals surface area contributed by atoms with Crippen molar-refractivity contribution in [3.8, 4) is 28.7 Å². The van der Waals surface area contributed by atoms with Crippen LogP contribution in [0, 0.1) is 5.92 Å². The van der Waals surface area contributed by atoms with Crippen molar-refractivity contribution in [2.24, 2.45) is 5.92 Å². The number of carbonyl (C=O) groups is 2. The Labute approximate surface area is 286 Å². The van der Waals surface area contributed by atoms with Crippen molar-refractivity contribution >= 4 is 23.3 Å². The molecule has 0 fully saturated rings. The van der Waals surface area contributed by atoms with Gasteiger partial charge in [0.15, 0.2) is 11.5 Å². The monoisotopic (exact) mass is 666 g/mol. The highest BCUT2D eigenvalue weighted by Gasteiger charge is 2.31. The summed E-state index contributed by atoms with van der Waals surface area (Å²) in [7, 11) is 2.04. The number of nitrogens with one attached hydrogen (secondary N) is 2. The molecule has 4 aromatic rings. The molecule has 2 aliphatic rings. The van der Waals surface area contributed by atoms with Crippen LogP contribution >= 0.6 is 0 Å². The van der Waals surface area contributed by atoms with E-state index in [0.29, 0.717) is 53.8 Å². The number of hydrogen-bond donors (Lipinski definition) is 3. The first-order chi connectivity index (χ1) is 23.7. The van der Waals surface area contributed by atoms with Crippen LogP contribution in [0.1, 0.15) is 25.0 Å². The lowest BCUT2D eigenvalue weighted by Gasteiger charge is -2.34. The van der Waals surface area contributed by atoms with E-state index in [2.05, 4.69) is 34.6 Å². The number of hydrogen-bond acceptors (Lipinski definition) is 8. The zero-order valence-electron chi connectivity index (χ0n) is 27.9. The molecule has 256 valence electrons. The SMILES string of the molecule is C[C@@H]1CN([C@H](C)CO)C(=O)Cc2cc(NC(=O)Nc3ccc4c(c3)OCO4)ccc2O[C@@H]1CN(C)Cc1ccc(Oc2ccccc2)cc1. The Morgan fingerprint density at radius 2 is 1.61 bits per heavy atom. The molecule has 0 radical (unpaired) electrons. The van der Waals surface area contributed by atoms with Crippen LogP contribution in [0.3, 0.4) is 0 Å². The van der Waals surface area contributed by atoms with E-state index in [1.54, 1.807) is 41.3 Å². The molecule has 0 spiro atoms. The van der Waals surface area contributed by atoms with Gasteiger partial charge in [-0.15, -0.1) is 0 Å². The molecule has 0 aliphatic carbocycles. The highest BCUT2D eigenvalue weighted by Crippen LogP contribution is 2.34. The van der Waals surface area contributed by atoms with Crippen LogP contribution in [0.25, 0.3) is 0 Å². The number of aliphatic hydroxyl groups is 1. The first-order valence-corrected chi connectivity index (χ1v) is 16.4. The van der Waals surface area contributed by atoms with Gasteiger partial charge in [-0.05, 0) is 74.1 Å². The smallest absolute Gasteiger partial charge is 0.323 e. The Morgan fingerprint density at radius 3 is 2.35 bits per heavy atom. The summed E-state index contributed by atoms with van der Waals surface area (Å²) in [6.07, 6.45) is -0.206. The highest BCUT2D eigenvalue weighted by molar-refractivity contribution is 6.00. The van der Waals surface area contributed by atoms with Gasteiger partial charge in [-0.2, -0.15) is 0 Å². The van der Waals surface area contributed by atoms with Crippen molar-refractivity contribution < 1.29 is 33.6 Å². The number of aliphatic hydroxyl groups excluding tert-OH is 1. The summed E-state index contributed by atoms with van der Waals surface area (Å²) < 4.78 is 23.4. The van der Waals surface area contributed by atoms with Crippen molar-refractivity contribution in [1.82, 2.24) is 9.80 Å². The molecular formula is C38H42N4O7. The predicted molar refractivity (Wildman–Crippen MR) is 186 cm³/mol. The van der Waals surface area contributed by atoms with Crippen LogP contribution in [0.4, 0.5) is 16.2 Å². The second-order valence-corrected chi connectivity index (χ2v) is 12.6. The third kappa shape index (κ3) is 8.62. The molecule has 3 N–H and O–H groups in total. The molecule has 49 heavy (non-hydrogen) atoms. The van der Waals surface area contributed by atoms with E-state index in [0.717, 1.165) is 17.1 Å². The van der Waals surface area contributed by atoms with Gasteiger partial charge in [-0.25, -0.2) is 4.79 Å². The number of urea groups is 1. The van der Waals surface area contributed by atoms with Crippen LogP contribution in [0.5, 0.6) is 28.7 Å². The Hall–Kier alpha value is -5.26. The van der Waals surface area contributed by atoms with Gasteiger partial charge >= 0.3 is 6.03 Å². The van der Waals surface area contributed by atoms with Gasteiger partial charge in [0.1, 0.15) is 23.4 Å². The molecule has 0 bridgehead atoms. The molecule has 11 heteroatoms. The van der Waals surface area contributed by atoms with Gasteiger partial charge in [0.2, 0.25) is 12.7 Å². The Balaban J connectivity index is 1.15. The van der Waals surface area contributed by atoms with E-state index < -0.39 is 6.03 Å². The lowest BCUT2D eigenvalue weighted by molar-refractivity contribution is -0.134. The number of para-hydroxylation sites is 1. The number of carbonyl (C=O) groups excluding carboxylic acids is 2. The molecular weight excluding hydrogens is 624 g/mol. The second kappa shape index (κ2) is 15.3. The fraction of sp³-hybridized carbons (Fsp3) is 0.316. The number of nitrogens with zero attached hydrogens (tertiary/aromatic N) is 2. The van der Waals surface area contributed by atoms with Crippen LogP contribution < -0.4 is 29.6 Å². The Morgan fingerprint density at radius 1 is 0.939 bits per heavy atom. The third-order valence-electron chi connectivity index (χ3n) is 8.65. The molecule has 2 aliphatic heterocycles. The molecule has 0 saturated heterocycles. The molecule has 4 aromatic carbocycles. The standard InChI is InChI=1S/C38H42N4O7/c1-25-20-42(26(2)23-43)37(44)18-28-17-29(39-38(45)40-30-12-16-34-35(19-30)47-24-46-34)11-15-33(28)49-36(25)22-41(3)21-27-9-13-32(14-10-27)48-31-7-5-4-6-8-31/h4-17,19,25-26,36,43H,18,20-24H2,1-3H3,(H2,39,40,45)/t25-,26-,36-/m1/s1. The topological polar surface area (TPSA) is 122 Å². The van der Waals surface area contributed by atoms with Gasteiger partial charge in [-0.3, -0.25) is 9.69 Å². The first kappa shape index (κ1) is 33.6. The van der Waals surface area contributed by atoms with Gasteiger partial charge in [0.05, 0.1) is 19.1 Å². The molecule has 3 amide bonds. The maximum atomic E-state index is 13.6. The minimum Gasteiger partial charge on any atom is -0.488 e. The quantitative estimate of drug-likeness (QED) is 0.185. The molecule has 2 heterocycles. The van der Waals surface area contributed by atoms with E-state index in [1.807, 2.05) is 56.4 Å². The van der Waals surface area contributed by atoms with Crippen molar-refractivity contribution in [2.45, 2.75) is 39.0 Å². The van der Waals surface area contributed by atoms with E-state index in [9.17, 15) is 14.7 Å². The fourth-order valence-corrected chi connectivity index (χ4v) is 5.96. The summed E-state index contributed by atoms with van der Waals surface area (Å²) in [6, 6.07) is 27.4. The predicted octanol–water partition coefficient (Wildman–Crippen LogP) is 6.13. The van der Waals surface area contributed by atoms with Crippen molar-refractivity contribution in [2.75, 3.05) is 44.2 Å². The Kier molecular flexibility index (Phi) is 10.5. The van der Waals surface area contributed by atoms with Crippen molar-refractivity contribution in [1.29, 1.82) is 0 Å². The van der Waals surface area contributed by atoms with Gasteiger partial charge in [-0.1, -0.05) is 37.3 Å². The third-order valence-corrected chi connectivity index (χ3v) is 8.65. The lowest BCUT2D eigenvalue weighted by Crippen LogP contribution is -2.47. The second-order valence-electron chi connectivity index (χ2n) is 12.6. The zero-order chi connectivity index (χ0) is 34.3. The molecule has 0 saturated carbocycles. The summed E-state index contributed by atoms with van der Waals surface area (Å²) in [4.78, 5) is 30.5. The number of benzene rings is 4. The number of likely N-dealkylation sites (N-methyl/N-ethyl adjacent to an activating group) is 1. The molecule has 3 atom stereocenters. The maximum Gasteiger partial charge on any atom is 0.323 e. The largest absolute Gasteiger partial charge is 0.488 e. The van der Waals surface area contributed by atoms with Crippen LogP contribution in [0.2, 0.25) is 0 Å². The highest BCUT2D eigenvalue weighted by atomic mass is 16.7. The number of ether oxygens (including phenoxy) is 4. The molecule has 0 unspecified atom stereocenters. The Bertz CT molecular complexity index is 1750. The van der Waals surface area contributed by atoms with Crippen molar-refractivity contribution in [3.63, 3.8) is 0 Å². The first-order valence-electron chi connectivity index (χ1n) is 16.4.